The third kappa shape index (κ3) is 21.3. The summed E-state index contributed by atoms with van der Waals surface area (Å²) in [6, 6.07) is 0.925. The molecular weight excluding hydrogens is 449 g/mol. The van der Waals surface area contributed by atoms with E-state index in [1.165, 1.54) is 0 Å². The van der Waals surface area contributed by atoms with Crippen LogP contribution >= 0.6 is 0 Å². The normalized spacial score (nSPS) is 13.8. The molecule has 0 radical (unpaired) electrons. The summed E-state index contributed by atoms with van der Waals surface area (Å²) in [4.78, 5) is 0. The van der Waals surface area contributed by atoms with Crippen molar-refractivity contribution in [1.29, 1.82) is 0 Å². The predicted octanol–water partition coefficient (Wildman–Crippen LogP) is 6.58. The van der Waals surface area contributed by atoms with Crippen LogP contribution in [0.5, 0.6) is 0 Å². The van der Waals surface area contributed by atoms with Crippen LogP contribution in [0.25, 0.3) is 0 Å². The lowest BCUT2D eigenvalue weighted by Crippen LogP contribution is -2.51. The van der Waals surface area contributed by atoms with Gasteiger partial charge in [-0.15, -0.1) is 13.2 Å². The van der Waals surface area contributed by atoms with E-state index in [0.29, 0.717) is 0 Å². The summed E-state index contributed by atoms with van der Waals surface area (Å²) >= 11 is 0. The van der Waals surface area contributed by atoms with Crippen LogP contribution in [0.3, 0.4) is 0 Å². The van der Waals surface area contributed by atoms with Crippen molar-refractivity contribution in [3.63, 3.8) is 0 Å². The summed E-state index contributed by atoms with van der Waals surface area (Å²) in [7, 11) is -9.53. The molecule has 0 unspecified atom stereocenters. The first-order valence-corrected chi connectivity index (χ1v) is 27.9. The molecule has 0 atom stereocenters. The van der Waals surface area contributed by atoms with E-state index in [-0.39, 0.29) is 0 Å². The van der Waals surface area contributed by atoms with Crippen molar-refractivity contribution in [2.75, 3.05) is 0 Å². The molecule has 0 aromatic rings. The number of allylic oxidation sites excluding steroid dienone is 1. The highest BCUT2D eigenvalue weighted by Gasteiger charge is 2.37. The summed E-state index contributed by atoms with van der Waals surface area (Å²) in [5.74, 6) is 0. The van der Waals surface area contributed by atoms with E-state index in [1.807, 2.05) is 11.8 Å². The Morgan fingerprint density at radius 3 is 1.11 bits per heavy atom. The standard InChI is InChI=1S/2C9H24O2Si3/c1-9-14(8,10-12(2,3)4)11-13(5,6)7;1-8-9-12(10-13(2,3)4)11-14(5,6)7/h9H,1H2,2-8H3;8,12H,1,9H2,2-7H3. The second-order valence-electron chi connectivity index (χ2n) is 11.1. The largest absolute Gasteiger partial charge is 0.439 e. The molecule has 0 aromatic carbocycles. The molecule has 28 heavy (non-hydrogen) atoms. The van der Waals surface area contributed by atoms with Gasteiger partial charge < -0.3 is 16.5 Å². The van der Waals surface area contributed by atoms with Crippen molar-refractivity contribution >= 4 is 51.1 Å². The van der Waals surface area contributed by atoms with Gasteiger partial charge in [0.25, 0.3) is 0 Å². The van der Waals surface area contributed by atoms with Gasteiger partial charge >= 0.3 is 17.8 Å². The molecule has 0 rings (SSSR count). The van der Waals surface area contributed by atoms with E-state index < -0.39 is 51.1 Å². The van der Waals surface area contributed by atoms with Gasteiger partial charge in [-0.2, -0.15) is 0 Å². The molecule has 0 amide bonds. The fraction of sp³-hybridized carbons (Fsp3) is 0.778. The van der Waals surface area contributed by atoms with Crippen LogP contribution in [0.15, 0.2) is 24.9 Å². The zero-order chi connectivity index (χ0) is 23.0. The Morgan fingerprint density at radius 2 is 0.929 bits per heavy atom. The summed E-state index contributed by atoms with van der Waals surface area (Å²) in [5.41, 5.74) is 1.91. The Labute approximate surface area is 183 Å². The Balaban J connectivity index is 0. The van der Waals surface area contributed by atoms with Crippen molar-refractivity contribution in [2.45, 2.75) is 91.2 Å². The molecule has 0 spiro atoms. The summed E-state index contributed by atoms with van der Waals surface area (Å²) in [6.45, 7) is 36.1. The number of rotatable bonds is 11. The fourth-order valence-electron chi connectivity index (χ4n) is 2.37. The molecule has 0 saturated heterocycles. The van der Waals surface area contributed by atoms with Crippen LogP contribution in [0.2, 0.25) is 91.2 Å². The first kappa shape index (κ1) is 30.8. The van der Waals surface area contributed by atoms with Crippen molar-refractivity contribution in [3.05, 3.63) is 24.9 Å². The molecule has 0 aliphatic carbocycles. The smallest absolute Gasteiger partial charge is 0.340 e. The Hall–Kier alpha value is 0.621. The van der Waals surface area contributed by atoms with Gasteiger partial charge in [-0.1, -0.05) is 11.8 Å². The van der Waals surface area contributed by atoms with Gasteiger partial charge in [0.1, 0.15) is 0 Å². The molecule has 0 saturated carbocycles. The zero-order valence-electron chi connectivity index (χ0n) is 21.0. The lowest BCUT2D eigenvalue weighted by Gasteiger charge is -2.36. The number of hydrogen-bond acceptors (Lipinski definition) is 4. The Bertz CT molecular complexity index is 440. The van der Waals surface area contributed by atoms with Gasteiger partial charge in [-0.05, 0) is 85.1 Å². The van der Waals surface area contributed by atoms with E-state index in [9.17, 15) is 0 Å². The molecular formula is C18H48O4Si6. The van der Waals surface area contributed by atoms with Gasteiger partial charge in [0.2, 0.25) is 0 Å². The molecule has 10 heteroatoms. The SMILES string of the molecule is C=CC[SiH](O[Si](C)(C)C)O[Si](C)(C)C.C=C[Si](C)(O[Si](C)(C)C)O[Si](C)(C)C. The first-order valence-electron chi connectivity index (χ1n) is 10.1. The van der Waals surface area contributed by atoms with Crippen LogP contribution in [-0.2, 0) is 16.5 Å². The van der Waals surface area contributed by atoms with E-state index in [1.54, 1.807) is 0 Å². The molecule has 0 heterocycles. The van der Waals surface area contributed by atoms with Crippen LogP contribution in [0.1, 0.15) is 0 Å². The Kier molecular flexibility index (Phi) is 13.1. The van der Waals surface area contributed by atoms with Crippen molar-refractivity contribution in [3.8, 4) is 0 Å². The van der Waals surface area contributed by atoms with E-state index in [4.69, 9.17) is 16.5 Å². The highest BCUT2D eigenvalue weighted by Crippen LogP contribution is 2.21. The monoisotopic (exact) mass is 496 g/mol. The molecule has 4 nitrogen and oxygen atoms in total. The second kappa shape index (κ2) is 11.9. The molecule has 0 bridgehead atoms. The average molecular weight is 497 g/mol. The van der Waals surface area contributed by atoms with E-state index in [2.05, 4.69) is 98.3 Å². The minimum absolute atomic E-state index is 0.925. The van der Waals surface area contributed by atoms with Crippen LogP contribution < -0.4 is 0 Å². The van der Waals surface area contributed by atoms with Gasteiger partial charge in [0.05, 0.1) is 0 Å². The van der Waals surface area contributed by atoms with Crippen LogP contribution in [0.4, 0.5) is 0 Å². The van der Waals surface area contributed by atoms with E-state index >= 15 is 0 Å². The highest BCUT2D eigenvalue weighted by atomic mass is 28.5. The minimum atomic E-state index is -2.11. The maximum Gasteiger partial charge on any atom is 0.340 e. The maximum absolute atomic E-state index is 6.12. The quantitative estimate of drug-likeness (QED) is 0.239. The van der Waals surface area contributed by atoms with Crippen molar-refractivity contribution in [1.82, 2.24) is 0 Å². The third-order valence-electron chi connectivity index (χ3n) is 2.72. The summed E-state index contributed by atoms with van der Waals surface area (Å²) in [5, 5.41) is 0. The lowest BCUT2D eigenvalue weighted by atomic mass is 10.8. The lowest BCUT2D eigenvalue weighted by molar-refractivity contribution is 0.403. The molecule has 0 aromatic heterocycles. The van der Waals surface area contributed by atoms with Crippen molar-refractivity contribution in [2.24, 2.45) is 0 Å². The van der Waals surface area contributed by atoms with Crippen LogP contribution in [-0.4, -0.2) is 51.1 Å². The van der Waals surface area contributed by atoms with Crippen LogP contribution in [0, 0.1) is 0 Å². The van der Waals surface area contributed by atoms with E-state index in [0.717, 1.165) is 6.04 Å². The summed E-state index contributed by atoms with van der Waals surface area (Å²) < 4.78 is 24.4. The number of hydrogen-bond donors (Lipinski definition) is 0. The maximum atomic E-state index is 6.12. The second-order valence-corrected chi connectivity index (χ2v) is 35.3. The van der Waals surface area contributed by atoms with Gasteiger partial charge in [-0.25, -0.2) is 0 Å². The fourth-order valence-corrected chi connectivity index (χ4v) is 21.3. The molecule has 0 N–H and O–H groups in total. The molecule has 168 valence electrons. The minimum Gasteiger partial charge on any atom is -0.439 e. The summed E-state index contributed by atoms with van der Waals surface area (Å²) in [6.07, 6.45) is 1.93. The van der Waals surface area contributed by atoms with Gasteiger partial charge in [-0.3, -0.25) is 0 Å². The third-order valence-corrected chi connectivity index (χ3v) is 20.1. The van der Waals surface area contributed by atoms with Gasteiger partial charge in [0, 0.05) is 6.04 Å². The predicted molar refractivity (Wildman–Crippen MR) is 142 cm³/mol. The molecule has 0 fully saturated rings. The van der Waals surface area contributed by atoms with Gasteiger partial charge in [0.15, 0.2) is 33.3 Å². The Morgan fingerprint density at radius 1 is 0.607 bits per heavy atom. The topological polar surface area (TPSA) is 36.9 Å². The average Bonchev–Trinajstić information content (AvgIpc) is 2.30. The van der Waals surface area contributed by atoms with Crippen molar-refractivity contribution < 1.29 is 16.5 Å². The highest BCUT2D eigenvalue weighted by molar-refractivity contribution is 6.89. The molecule has 0 aliphatic rings. The first-order chi connectivity index (χ1) is 12.1. The zero-order valence-corrected chi connectivity index (χ0v) is 27.1. The molecule has 0 aliphatic heterocycles.